The number of thiophene rings is 1. The second kappa shape index (κ2) is 8.61. The van der Waals surface area contributed by atoms with Crippen LogP contribution in [0.4, 0.5) is 0 Å². The first-order valence-electron chi connectivity index (χ1n) is 9.45. The Kier molecular flexibility index (Phi) is 6.51. The van der Waals surface area contributed by atoms with E-state index in [4.69, 9.17) is 16.0 Å². The van der Waals surface area contributed by atoms with Gasteiger partial charge in [0.15, 0.2) is 11.5 Å². The van der Waals surface area contributed by atoms with Crippen LogP contribution in [0, 0.1) is 20.8 Å². The van der Waals surface area contributed by atoms with E-state index in [1.165, 1.54) is 6.21 Å². The maximum absolute atomic E-state index is 13.4. The minimum absolute atomic E-state index is 0.0646. The Morgan fingerprint density at radius 3 is 2.40 bits per heavy atom. The smallest absolute Gasteiger partial charge is 0.194 e. The molecular formula is C23H24ClNO3S2. The summed E-state index contributed by atoms with van der Waals surface area (Å²) in [7, 11) is -1.41. The van der Waals surface area contributed by atoms with Crippen LogP contribution in [0.2, 0.25) is 5.02 Å². The first kappa shape index (κ1) is 22.7. The van der Waals surface area contributed by atoms with Gasteiger partial charge < -0.3 is 4.42 Å². The summed E-state index contributed by atoms with van der Waals surface area (Å²) < 4.78 is 21.8. The van der Waals surface area contributed by atoms with Gasteiger partial charge >= 0.3 is 0 Å². The second-order valence-corrected chi connectivity index (χ2v) is 11.7. The van der Waals surface area contributed by atoms with Gasteiger partial charge in [-0.1, -0.05) is 11.6 Å². The Balaban J connectivity index is 2.12. The Morgan fingerprint density at radius 2 is 1.80 bits per heavy atom. The molecule has 0 saturated heterocycles. The van der Waals surface area contributed by atoms with Crippen molar-refractivity contribution in [1.29, 1.82) is 0 Å². The standard InChI is InChI=1S/C23H24ClNO3S2/c1-13-12-28-18(11-25-30(27)23(4,5)6)19(13)22-20(14(2)15(3)29-22)21(26)16-7-9-17(24)10-8-16/h7-12H,1-6H3/t30-/m1/s1. The van der Waals surface area contributed by atoms with Crippen molar-refractivity contribution < 1.29 is 13.4 Å². The van der Waals surface area contributed by atoms with Crippen LogP contribution in [-0.4, -0.2) is 21.0 Å². The molecule has 0 fully saturated rings. The maximum Gasteiger partial charge on any atom is 0.194 e. The first-order valence-corrected chi connectivity index (χ1v) is 11.8. The third-order valence-corrected chi connectivity index (χ3v) is 7.56. The lowest BCUT2D eigenvalue weighted by atomic mass is 9.96. The lowest BCUT2D eigenvalue weighted by Crippen LogP contribution is -2.19. The fourth-order valence-electron chi connectivity index (χ4n) is 2.93. The molecule has 30 heavy (non-hydrogen) atoms. The third-order valence-electron chi connectivity index (χ3n) is 4.74. The van der Waals surface area contributed by atoms with E-state index in [9.17, 15) is 9.00 Å². The summed E-state index contributed by atoms with van der Waals surface area (Å²) in [5.41, 5.74) is 3.87. The summed E-state index contributed by atoms with van der Waals surface area (Å²) in [4.78, 5) is 15.3. The Morgan fingerprint density at radius 1 is 1.17 bits per heavy atom. The highest BCUT2D eigenvalue weighted by Crippen LogP contribution is 2.41. The van der Waals surface area contributed by atoms with Crippen molar-refractivity contribution in [1.82, 2.24) is 0 Å². The molecule has 1 atom stereocenters. The van der Waals surface area contributed by atoms with Crippen LogP contribution in [0.3, 0.4) is 0 Å². The molecule has 0 amide bonds. The number of furan rings is 1. The molecule has 0 unspecified atom stereocenters. The molecule has 1 aromatic carbocycles. The van der Waals surface area contributed by atoms with Crippen LogP contribution in [0.15, 0.2) is 39.3 Å². The van der Waals surface area contributed by atoms with Crippen LogP contribution in [-0.2, 0) is 11.0 Å². The second-order valence-electron chi connectivity index (χ2n) is 8.08. The number of carbonyl (C=O) groups is 1. The van der Waals surface area contributed by atoms with Crippen molar-refractivity contribution in [2.75, 3.05) is 0 Å². The van der Waals surface area contributed by atoms with Gasteiger partial charge in [-0.05, 0) is 76.9 Å². The first-order chi connectivity index (χ1) is 14.0. The summed E-state index contributed by atoms with van der Waals surface area (Å²) in [6.07, 6.45) is 3.14. The lowest BCUT2D eigenvalue weighted by molar-refractivity contribution is 0.103. The molecule has 158 valence electrons. The topological polar surface area (TPSA) is 59.6 Å². The van der Waals surface area contributed by atoms with Crippen LogP contribution >= 0.6 is 22.9 Å². The highest BCUT2D eigenvalue weighted by molar-refractivity contribution is 7.85. The van der Waals surface area contributed by atoms with E-state index in [0.717, 1.165) is 26.4 Å². The largest absolute Gasteiger partial charge is 0.462 e. The molecule has 0 aliphatic carbocycles. The van der Waals surface area contributed by atoms with Gasteiger partial charge in [-0.25, -0.2) is 4.21 Å². The normalized spacial score (nSPS) is 13.2. The highest BCUT2D eigenvalue weighted by Gasteiger charge is 2.26. The summed E-state index contributed by atoms with van der Waals surface area (Å²) in [5.74, 6) is 0.432. The zero-order chi connectivity index (χ0) is 22.2. The molecule has 0 saturated carbocycles. The fraction of sp³-hybridized carbons (Fsp3) is 0.304. The number of ketones is 1. The van der Waals surface area contributed by atoms with Gasteiger partial charge in [0.05, 0.1) is 22.1 Å². The van der Waals surface area contributed by atoms with E-state index in [1.807, 2.05) is 41.5 Å². The number of aryl methyl sites for hydroxylation is 2. The zero-order valence-corrected chi connectivity index (χ0v) is 20.2. The van der Waals surface area contributed by atoms with E-state index in [2.05, 4.69) is 4.40 Å². The van der Waals surface area contributed by atoms with E-state index in [0.29, 0.717) is 21.9 Å². The zero-order valence-electron chi connectivity index (χ0n) is 17.8. The van der Waals surface area contributed by atoms with E-state index in [1.54, 1.807) is 41.9 Å². The minimum Gasteiger partial charge on any atom is -0.462 e. The fourth-order valence-corrected chi connectivity index (χ4v) is 4.83. The average molecular weight is 462 g/mol. The molecule has 0 radical (unpaired) electrons. The number of halogens is 1. The van der Waals surface area contributed by atoms with Gasteiger partial charge in [0.25, 0.3) is 0 Å². The summed E-state index contributed by atoms with van der Waals surface area (Å²) >= 11 is 7.53. The third kappa shape index (κ3) is 4.51. The van der Waals surface area contributed by atoms with Gasteiger partial charge in [0.1, 0.15) is 11.0 Å². The molecule has 0 spiro atoms. The van der Waals surface area contributed by atoms with Gasteiger partial charge in [-0.15, -0.1) is 11.3 Å². The Labute approximate surface area is 188 Å². The number of rotatable bonds is 5. The Bertz CT molecular complexity index is 1150. The molecular weight excluding hydrogens is 438 g/mol. The van der Waals surface area contributed by atoms with Crippen molar-refractivity contribution >= 4 is 45.9 Å². The van der Waals surface area contributed by atoms with Crippen LogP contribution in [0.25, 0.3) is 10.4 Å². The van der Waals surface area contributed by atoms with E-state index in [-0.39, 0.29) is 5.78 Å². The van der Waals surface area contributed by atoms with Crippen molar-refractivity contribution in [2.24, 2.45) is 4.40 Å². The molecule has 0 N–H and O–H groups in total. The molecule has 3 aromatic rings. The molecule has 0 aliphatic heterocycles. The van der Waals surface area contributed by atoms with Crippen LogP contribution in [0.5, 0.6) is 0 Å². The van der Waals surface area contributed by atoms with Gasteiger partial charge in [-0.2, -0.15) is 4.40 Å². The van der Waals surface area contributed by atoms with Gasteiger partial charge in [0, 0.05) is 26.6 Å². The van der Waals surface area contributed by atoms with Crippen molar-refractivity contribution in [2.45, 2.75) is 46.3 Å². The van der Waals surface area contributed by atoms with Crippen molar-refractivity contribution in [3.8, 4) is 10.4 Å². The molecule has 2 heterocycles. The molecule has 3 rings (SSSR count). The minimum atomic E-state index is -1.41. The van der Waals surface area contributed by atoms with Crippen molar-refractivity contribution in [3.63, 3.8) is 0 Å². The molecule has 0 bridgehead atoms. The van der Waals surface area contributed by atoms with Gasteiger partial charge in [0.2, 0.25) is 0 Å². The van der Waals surface area contributed by atoms with E-state index >= 15 is 0 Å². The number of carbonyl (C=O) groups excluding carboxylic acids is 1. The van der Waals surface area contributed by atoms with E-state index < -0.39 is 15.7 Å². The molecule has 0 aliphatic rings. The van der Waals surface area contributed by atoms with Crippen LogP contribution in [0.1, 0.15) is 58.5 Å². The summed E-state index contributed by atoms with van der Waals surface area (Å²) in [6.45, 7) is 11.5. The number of hydrogen-bond acceptors (Lipinski definition) is 4. The highest BCUT2D eigenvalue weighted by atomic mass is 35.5. The predicted octanol–water partition coefficient (Wildman–Crippen LogP) is 6.70. The number of hydrogen-bond donors (Lipinski definition) is 0. The maximum atomic E-state index is 13.4. The van der Waals surface area contributed by atoms with Crippen LogP contribution < -0.4 is 0 Å². The number of nitrogens with zero attached hydrogens (tertiary/aromatic N) is 1. The van der Waals surface area contributed by atoms with Crippen molar-refractivity contribution in [3.05, 3.63) is 68.4 Å². The quantitative estimate of drug-likeness (QED) is 0.313. The Hall–Kier alpha value is -2.02. The van der Waals surface area contributed by atoms with Gasteiger partial charge in [-0.3, -0.25) is 4.79 Å². The average Bonchev–Trinajstić information content (AvgIpc) is 3.18. The molecule has 2 aromatic heterocycles. The monoisotopic (exact) mass is 461 g/mol. The molecule has 7 heteroatoms. The summed E-state index contributed by atoms with van der Waals surface area (Å²) in [6, 6.07) is 6.90. The molecule has 4 nitrogen and oxygen atoms in total. The lowest BCUT2D eigenvalue weighted by Gasteiger charge is -2.12. The number of benzene rings is 1. The SMILES string of the molecule is Cc1coc(C=N[S@](=O)C(C)(C)C)c1-c1sc(C)c(C)c1C(=O)c1ccc(Cl)cc1. The predicted molar refractivity (Wildman–Crippen MR) is 127 cm³/mol. The summed E-state index contributed by atoms with van der Waals surface area (Å²) in [5, 5.41) is 0.584.